The van der Waals surface area contributed by atoms with E-state index in [4.69, 9.17) is 0 Å². The molecule has 0 atom stereocenters. The highest BCUT2D eigenvalue weighted by molar-refractivity contribution is 5.22. The molecule has 0 aromatic carbocycles. The summed E-state index contributed by atoms with van der Waals surface area (Å²) in [7, 11) is 0. The molecule has 3 aliphatic heterocycles. The molecule has 1 aliphatic carbocycles. The molecule has 16 heavy (non-hydrogen) atoms. The highest BCUT2D eigenvalue weighted by Gasteiger charge is 2.26. The van der Waals surface area contributed by atoms with Crippen LogP contribution in [0.25, 0.3) is 0 Å². The van der Waals surface area contributed by atoms with Crippen molar-refractivity contribution in [2.24, 2.45) is 5.92 Å². The number of piperidine rings is 1. The van der Waals surface area contributed by atoms with Crippen LogP contribution in [0, 0.1) is 5.92 Å². The summed E-state index contributed by atoms with van der Waals surface area (Å²) < 4.78 is 0. The van der Waals surface area contributed by atoms with Crippen molar-refractivity contribution in [3.05, 3.63) is 11.3 Å². The smallest absolute Gasteiger partial charge is 0.0381 e. The predicted molar refractivity (Wildman–Crippen MR) is 67.3 cm³/mol. The minimum Gasteiger partial charge on any atom is -0.385 e. The van der Waals surface area contributed by atoms with Crippen LogP contribution < -0.4 is 5.32 Å². The molecular formula is C14H24N2. The average molecular weight is 220 g/mol. The van der Waals surface area contributed by atoms with Crippen LogP contribution in [0.2, 0.25) is 0 Å². The zero-order chi connectivity index (χ0) is 11.0. The Labute approximate surface area is 99.1 Å². The van der Waals surface area contributed by atoms with E-state index in [1.165, 1.54) is 58.2 Å². The summed E-state index contributed by atoms with van der Waals surface area (Å²) >= 11 is 0. The van der Waals surface area contributed by atoms with Crippen molar-refractivity contribution in [1.82, 2.24) is 10.2 Å². The second-order valence-electron chi connectivity index (χ2n) is 5.96. The molecule has 4 rings (SSSR count). The summed E-state index contributed by atoms with van der Waals surface area (Å²) in [6.45, 7) is 6.22. The minimum atomic E-state index is 0.777. The molecule has 1 saturated heterocycles. The number of hydrogen-bond donors (Lipinski definition) is 1. The van der Waals surface area contributed by atoms with Gasteiger partial charge in [0, 0.05) is 31.4 Å². The highest BCUT2D eigenvalue weighted by atomic mass is 15.2. The predicted octanol–water partition coefficient (Wildman–Crippen LogP) is 2.52. The van der Waals surface area contributed by atoms with Gasteiger partial charge in [-0.3, -0.25) is 4.90 Å². The summed E-state index contributed by atoms with van der Waals surface area (Å²) in [5.74, 6) is 0.960. The Morgan fingerprint density at radius 1 is 1.06 bits per heavy atom. The number of rotatable bonds is 2. The Balaban J connectivity index is 1.60. The van der Waals surface area contributed by atoms with Gasteiger partial charge in [-0.15, -0.1) is 0 Å². The standard InChI is InChI=1S/C14H24N2/c1-11-2-4-13(5-3-11)15-14-10-16-8-6-12(14)7-9-16/h11,13,15H,2-10H2,1H3. The van der Waals surface area contributed by atoms with E-state index in [1.54, 1.807) is 11.3 Å². The first kappa shape index (κ1) is 10.6. The third-order valence-electron chi connectivity index (χ3n) is 4.66. The molecule has 0 aromatic heterocycles. The highest BCUT2D eigenvalue weighted by Crippen LogP contribution is 2.29. The molecule has 1 saturated carbocycles. The van der Waals surface area contributed by atoms with Gasteiger partial charge in [-0.05, 0) is 50.0 Å². The van der Waals surface area contributed by atoms with Crippen LogP contribution >= 0.6 is 0 Å². The van der Waals surface area contributed by atoms with Gasteiger partial charge in [0.05, 0.1) is 0 Å². The van der Waals surface area contributed by atoms with Crippen molar-refractivity contribution < 1.29 is 0 Å². The number of hydrogen-bond acceptors (Lipinski definition) is 2. The average Bonchev–Trinajstić information content (AvgIpc) is 2.34. The molecule has 0 spiro atoms. The van der Waals surface area contributed by atoms with E-state index in [-0.39, 0.29) is 0 Å². The van der Waals surface area contributed by atoms with Crippen molar-refractivity contribution in [2.45, 2.75) is 51.5 Å². The monoisotopic (exact) mass is 220 g/mol. The van der Waals surface area contributed by atoms with Crippen molar-refractivity contribution in [2.75, 3.05) is 19.6 Å². The summed E-state index contributed by atoms with van der Waals surface area (Å²) in [5, 5.41) is 3.85. The molecule has 0 amide bonds. The van der Waals surface area contributed by atoms with Crippen LogP contribution in [0.5, 0.6) is 0 Å². The molecule has 2 bridgehead atoms. The van der Waals surface area contributed by atoms with E-state index in [9.17, 15) is 0 Å². The third-order valence-corrected chi connectivity index (χ3v) is 4.66. The minimum absolute atomic E-state index is 0.777. The van der Waals surface area contributed by atoms with Gasteiger partial charge in [-0.1, -0.05) is 6.92 Å². The van der Waals surface area contributed by atoms with Gasteiger partial charge in [0.1, 0.15) is 0 Å². The normalized spacial score (nSPS) is 35.6. The van der Waals surface area contributed by atoms with Crippen LogP contribution in [0.4, 0.5) is 0 Å². The first-order valence-corrected chi connectivity index (χ1v) is 7.01. The molecule has 3 heterocycles. The second-order valence-corrected chi connectivity index (χ2v) is 5.96. The Bertz CT molecular complexity index is 277. The Kier molecular flexibility index (Phi) is 2.93. The van der Waals surface area contributed by atoms with Crippen LogP contribution in [-0.2, 0) is 0 Å². The van der Waals surface area contributed by atoms with E-state index in [1.807, 2.05) is 0 Å². The van der Waals surface area contributed by atoms with E-state index < -0.39 is 0 Å². The van der Waals surface area contributed by atoms with E-state index in [2.05, 4.69) is 17.1 Å². The van der Waals surface area contributed by atoms with Crippen molar-refractivity contribution in [3.8, 4) is 0 Å². The van der Waals surface area contributed by atoms with Crippen LogP contribution in [0.1, 0.15) is 45.4 Å². The molecule has 2 fully saturated rings. The lowest BCUT2D eigenvalue weighted by Gasteiger charge is -2.39. The van der Waals surface area contributed by atoms with Gasteiger partial charge in [0.25, 0.3) is 0 Å². The fourth-order valence-electron chi connectivity index (χ4n) is 3.42. The van der Waals surface area contributed by atoms with E-state index >= 15 is 0 Å². The summed E-state index contributed by atoms with van der Waals surface area (Å²) in [4.78, 5) is 2.60. The van der Waals surface area contributed by atoms with Gasteiger partial charge in [-0.25, -0.2) is 0 Å². The van der Waals surface area contributed by atoms with Gasteiger partial charge in [-0.2, -0.15) is 0 Å². The second kappa shape index (κ2) is 4.40. The molecule has 1 N–H and O–H groups in total. The molecule has 2 heteroatoms. The SMILES string of the molecule is CC1CCC(NC2=C3CCN(CC3)C2)CC1. The molecule has 0 unspecified atom stereocenters. The van der Waals surface area contributed by atoms with Gasteiger partial charge >= 0.3 is 0 Å². The third kappa shape index (κ3) is 2.13. The molecule has 90 valence electrons. The van der Waals surface area contributed by atoms with Crippen molar-refractivity contribution in [1.29, 1.82) is 0 Å². The molecule has 2 nitrogen and oxygen atoms in total. The largest absolute Gasteiger partial charge is 0.385 e. The first-order chi connectivity index (χ1) is 7.81. The van der Waals surface area contributed by atoms with Crippen molar-refractivity contribution in [3.63, 3.8) is 0 Å². The molecular weight excluding hydrogens is 196 g/mol. The maximum atomic E-state index is 3.85. The Hall–Kier alpha value is -0.500. The quantitative estimate of drug-likeness (QED) is 0.769. The van der Waals surface area contributed by atoms with Crippen LogP contribution in [0.3, 0.4) is 0 Å². The topological polar surface area (TPSA) is 15.3 Å². The lowest BCUT2D eigenvalue weighted by atomic mass is 9.86. The summed E-state index contributed by atoms with van der Waals surface area (Å²) in [5.41, 5.74) is 3.33. The Morgan fingerprint density at radius 3 is 2.31 bits per heavy atom. The Morgan fingerprint density at radius 2 is 1.75 bits per heavy atom. The maximum absolute atomic E-state index is 3.85. The molecule has 4 aliphatic rings. The van der Waals surface area contributed by atoms with E-state index in [0.29, 0.717) is 0 Å². The summed E-state index contributed by atoms with van der Waals surface area (Å²) in [6, 6.07) is 0.777. The maximum Gasteiger partial charge on any atom is 0.0381 e. The lowest BCUT2D eigenvalue weighted by Crippen LogP contribution is -2.45. The van der Waals surface area contributed by atoms with Crippen molar-refractivity contribution >= 4 is 0 Å². The van der Waals surface area contributed by atoms with Gasteiger partial charge < -0.3 is 5.32 Å². The fourth-order valence-corrected chi connectivity index (χ4v) is 3.42. The van der Waals surface area contributed by atoms with E-state index in [0.717, 1.165) is 12.0 Å². The number of fused-ring (bicyclic) bond motifs is 3. The fraction of sp³-hybridized carbons (Fsp3) is 0.857. The first-order valence-electron chi connectivity index (χ1n) is 7.01. The van der Waals surface area contributed by atoms with Gasteiger partial charge in [0.15, 0.2) is 0 Å². The van der Waals surface area contributed by atoms with Crippen LogP contribution in [0.15, 0.2) is 11.3 Å². The summed E-state index contributed by atoms with van der Waals surface area (Å²) in [6.07, 6.45) is 8.26. The van der Waals surface area contributed by atoms with Gasteiger partial charge in [0.2, 0.25) is 0 Å². The number of nitrogens with one attached hydrogen (secondary N) is 1. The zero-order valence-corrected chi connectivity index (χ0v) is 10.5. The van der Waals surface area contributed by atoms with Crippen LogP contribution in [-0.4, -0.2) is 30.6 Å². The molecule has 0 aromatic rings. The lowest BCUT2D eigenvalue weighted by molar-refractivity contribution is 0.232. The molecule has 0 radical (unpaired) electrons. The zero-order valence-electron chi connectivity index (χ0n) is 10.5. The number of nitrogens with zero attached hydrogens (tertiary/aromatic N) is 1.